The Hall–Kier alpha value is -0.970. The Balaban J connectivity index is 4.23. The van der Waals surface area contributed by atoms with Crippen LogP contribution in [0.5, 0.6) is 0 Å². The number of Topliss-reactive ketones (excluding diaryl/α,β-unsaturated/α-hetero) is 1. The van der Waals surface area contributed by atoms with Gasteiger partial charge in [0.2, 0.25) is 5.91 Å². The summed E-state index contributed by atoms with van der Waals surface area (Å²) in [7, 11) is 0. The summed E-state index contributed by atoms with van der Waals surface area (Å²) in [6, 6.07) is 0. The second kappa shape index (κ2) is 4.02. The third-order valence-corrected chi connectivity index (χ3v) is 1.52. The van der Waals surface area contributed by atoms with E-state index in [0.29, 0.717) is 0 Å². The molecule has 0 spiro atoms. The van der Waals surface area contributed by atoms with E-state index in [-0.39, 0.29) is 17.2 Å². The van der Waals surface area contributed by atoms with Crippen LogP contribution in [0, 0.1) is 5.92 Å². The van der Waals surface area contributed by atoms with Crippen molar-refractivity contribution in [2.24, 2.45) is 17.4 Å². The highest BCUT2D eigenvalue weighted by Gasteiger charge is 2.19. The lowest BCUT2D eigenvalue weighted by molar-refractivity contribution is -0.124. The second-order valence-electron chi connectivity index (χ2n) is 2.24. The second-order valence-corrected chi connectivity index (χ2v) is 2.71. The number of rotatable bonds is 4. The summed E-state index contributed by atoms with van der Waals surface area (Å²) in [4.78, 5) is 21.1. The summed E-state index contributed by atoms with van der Waals surface area (Å²) in [6.07, 6.45) is -0.0926. The number of carbonyl (C=O) groups is 2. The number of hydrogen-bond acceptors (Lipinski definition) is 3. The van der Waals surface area contributed by atoms with Gasteiger partial charge in [0.15, 0.2) is 0 Å². The summed E-state index contributed by atoms with van der Waals surface area (Å²) in [6.45, 7) is 1.33. The molecule has 11 heavy (non-hydrogen) atoms. The van der Waals surface area contributed by atoms with Crippen molar-refractivity contribution >= 4 is 28.9 Å². The fourth-order valence-corrected chi connectivity index (χ4v) is 0.895. The number of amides is 1. The minimum absolute atomic E-state index is 0.0244. The zero-order valence-electron chi connectivity index (χ0n) is 6.16. The van der Waals surface area contributed by atoms with Gasteiger partial charge in [-0.3, -0.25) is 9.59 Å². The van der Waals surface area contributed by atoms with Crippen LogP contribution in [0.4, 0.5) is 0 Å². The molecule has 0 saturated heterocycles. The fraction of sp³-hybridized carbons (Fsp3) is 0.500. The molecule has 0 saturated carbocycles. The standard InChI is InChI=1S/C6H10N2O2S/c1-3(9)4(6(8)11)2-5(7)10/h4H,2H2,1H3,(H2,7,10)(H2,8,11). The lowest BCUT2D eigenvalue weighted by atomic mass is 10.0. The van der Waals surface area contributed by atoms with E-state index >= 15 is 0 Å². The lowest BCUT2D eigenvalue weighted by Crippen LogP contribution is -2.31. The van der Waals surface area contributed by atoms with Gasteiger partial charge < -0.3 is 11.5 Å². The summed E-state index contributed by atoms with van der Waals surface area (Å²) >= 11 is 4.56. The molecule has 0 aliphatic heterocycles. The first kappa shape index (κ1) is 10.0. The Morgan fingerprint density at radius 3 is 2.00 bits per heavy atom. The zero-order chi connectivity index (χ0) is 9.02. The van der Waals surface area contributed by atoms with Crippen molar-refractivity contribution in [1.82, 2.24) is 0 Å². The first-order chi connectivity index (χ1) is 4.95. The maximum atomic E-state index is 10.7. The molecule has 1 unspecified atom stereocenters. The van der Waals surface area contributed by atoms with Crippen LogP contribution in [0.15, 0.2) is 0 Å². The van der Waals surface area contributed by atoms with Crippen LogP contribution in [0.25, 0.3) is 0 Å². The van der Waals surface area contributed by atoms with Gasteiger partial charge in [0.25, 0.3) is 0 Å². The van der Waals surface area contributed by atoms with Crippen molar-refractivity contribution in [3.05, 3.63) is 0 Å². The Kier molecular flexibility index (Phi) is 3.67. The normalized spacial score (nSPS) is 12.1. The van der Waals surface area contributed by atoms with E-state index in [0.717, 1.165) is 0 Å². The number of hydrogen-bond donors (Lipinski definition) is 2. The lowest BCUT2D eigenvalue weighted by Gasteiger charge is -2.07. The van der Waals surface area contributed by atoms with Gasteiger partial charge in [0, 0.05) is 6.42 Å². The van der Waals surface area contributed by atoms with E-state index in [1.165, 1.54) is 6.92 Å². The van der Waals surface area contributed by atoms with Gasteiger partial charge in [0.05, 0.1) is 10.9 Å². The Morgan fingerprint density at radius 2 is 1.91 bits per heavy atom. The maximum Gasteiger partial charge on any atom is 0.218 e. The summed E-state index contributed by atoms with van der Waals surface area (Å²) in [5.41, 5.74) is 10.1. The fourth-order valence-electron chi connectivity index (χ4n) is 0.646. The molecule has 0 bridgehead atoms. The number of carbonyl (C=O) groups excluding carboxylic acids is 2. The molecule has 0 heterocycles. The third-order valence-electron chi connectivity index (χ3n) is 1.24. The largest absolute Gasteiger partial charge is 0.393 e. The topological polar surface area (TPSA) is 86.2 Å². The van der Waals surface area contributed by atoms with Gasteiger partial charge in [-0.1, -0.05) is 12.2 Å². The van der Waals surface area contributed by atoms with Crippen molar-refractivity contribution in [2.75, 3.05) is 0 Å². The van der Waals surface area contributed by atoms with Crippen LogP contribution in [0.2, 0.25) is 0 Å². The average Bonchev–Trinajstić information content (AvgIpc) is 1.81. The SMILES string of the molecule is CC(=O)C(CC(N)=O)C(N)=S. The smallest absolute Gasteiger partial charge is 0.218 e. The molecule has 0 aromatic heterocycles. The van der Waals surface area contributed by atoms with E-state index in [9.17, 15) is 9.59 Å². The predicted molar refractivity (Wildman–Crippen MR) is 44.8 cm³/mol. The van der Waals surface area contributed by atoms with Crippen LogP contribution in [-0.2, 0) is 9.59 Å². The minimum Gasteiger partial charge on any atom is -0.393 e. The molecule has 0 aliphatic rings. The minimum atomic E-state index is -0.692. The molecule has 0 rings (SSSR count). The Bertz CT molecular complexity index is 189. The molecule has 0 fully saturated rings. The van der Waals surface area contributed by atoms with Crippen molar-refractivity contribution in [3.63, 3.8) is 0 Å². The molecule has 0 aromatic carbocycles. The highest BCUT2D eigenvalue weighted by atomic mass is 32.1. The first-order valence-electron chi connectivity index (χ1n) is 3.03. The number of nitrogens with two attached hydrogens (primary N) is 2. The number of primary amides is 1. The van der Waals surface area contributed by atoms with Crippen LogP contribution >= 0.6 is 12.2 Å². The molecule has 1 atom stereocenters. The van der Waals surface area contributed by atoms with E-state index < -0.39 is 11.8 Å². The van der Waals surface area contributed by atoms with Crippen LogP contribution in [-0.4, -0.2) is 16.7 Å². The van der Waals surface area contributed by atoms with Crippen molar-refractivity contribution in [1.29, 1.82) is 0 Å². The quantitative estimate of drug-likeness (QED) is 0.555. The molecule has 4 nitrogen and oxygen atoms in total. The van der Waals surface area contributed by atoms with Crippen LogP contribution in [0.1, 0.15) is 13.3 Å². The summed E-state index contributed by atoms with van der Waals surface area (Å²) in [5, 5.41) is 0. The molecular formula is C6H10N2O2S. The molecule has 0 radical (unpaired) electrons. The molecule has 4 N–H and O–H groups in total. The van der Waals surface area contributed by atoms with Gasteiger partial charge in [-0.2, -0.15) is 0 Å². The van der Waals surface area contributed by atoms with Crippen LogP contribution < -0.4 is 11.5 Å². The summed E-state index contributed by atoms with van der Waals surface area (Å²) < 4.78 is 0. The molecule has 1 amide bonds. The summed E-state index contributed by atoms with van der Waals surface area (Å²) in [5.74, 6) is -1.49. The highest BCUT2D eigenvalue weighted by molar-refractivity contribution is 7.80. The molecule has 5 heteroatoms. The van der Waals surface area contributed by atoms with Crippen molar-refractivity contribution < 1.29 is 9.59 Å². The van der Waals surface area contributed by atoms with Crippen molar-refractivity contribution in [3.8, 4) is 0 Å². The number of thiocarbonyl (C=S) groups is 1. The molecule has 0 aliphatic carbocycles. The van der Waals surface area contributed by atoms with Gasteiger partial charge in [-0.05, 0) is 6.92 Å². The third kappa shape index (κ3) is 3.67. The van der Waals surface area contributed by atoms with E-state index in [1.54, 1.807) is 0 Å². The van der Waals surface area contributed by atoms with Gasteiger partial charge in [-0.25, -0.2) is 0 Å². The van der Waals surface area contributed by atoms with Gasteiger partial charge in [-0.15, -0.1) is 0 Å². The number of ketones is 1. The van der Waals surface area contributed by atoms with E-state index in [2.05, 4.69) is 12.2 Å². The molecule has 0 aromatic rings. The average molecular weight is 174 g/mol. The van der Waals surface area contributed by atoms with Crippen LogP contribution in [0.3, 0.4) is 0 Å². The van der Waals surface area contributed by atoms with Crippen molar-refractivity contribution in [2.45, 2.75) is 13.3 Å². The monoisotopic (exact) mass is 174 g/mol. The van der Waals surface area contributed by atoms with Gasteiger partial charge in [0.1, 0.15) is 5.78 Å². The zero-order valence-corrected chi connectivity index (χ0v) is 6.98. The predicted octanol–water partition coefficient (Wildman–Crippen LogP) is -0.647. The first-order valence-corrected chi connectivity index (χ1v) is 3.44. The molecule has 62 valence electrons. The van der Waals surface area contributed by atoms with E-state index in [1.807, 2.05) is 0 Å². The van der Waals surface area contributed by atoms with Gasteiger partial charge >= 0.3 is 0 Å². The molecular weight excluding hydrogens is 164 g/mol. The maximum absolute atomic E-state index is 10.7. The Morgan fingerprint density at radius 1 is 1.45 bits per heavy atom. The highest BCUT2D eigenvalue weighted by Crippen LogP contribution is 2.03. The Labute approximate surface area is 69.9 Å². The van der Waals surface area contributed by atoms with E-state index in [4.69, 9.17) is 11.5 Å².